The molecule has 0 bridgehead atoms. The summed E-state index contributed by atoms with van der Waals surface area (Å²) in [6.45, 7) is 3.06. The van der Waals surface area contributed by atoms with Gasteiger partial charge < -0.3 is 5.32 Å². The molecule has 1 aliphatic rings. The number of nitrogens with zero attached hydrogens (tertiary/aromatic N) is 5. The fourth-order valence-electron chi connectivity index (χ4n) is 3.41. The Kier molecular flexibility index (Phi) is 4.70. The molecule has 6 heteroatoms. The monoisotopic (exact) mass is 334 g/mol. The minimum atomic E-state index is 0.324. The van der Waals surface area contributed by atoms with Crippen molar-refractivity contribution in [3.8, 4) is 5.69 Å². The first-order chi connectivity index (χ1) is 12.4. The van der Waals surface area contributed by atoms with Crippen LogP contribution in [0.15, 0.2) is 60.7 Å². The van der Waals surface area contributed by atoms with E-state index in [1.165, 1.54) is 18.4 Å². The summed E-state index contributed by atoms with van der Waals surface area (Å²) < 4.78 is 1.74. The van der Waals surface area contributed by atoms with Crippen LogP contribution in [0, 0.1) is 0 Å². The number of para-hydroxylation sites is 1. The normalized spacial score (nSPS) is 16.0. The molecule has 1 N–H and O–H groups in total. The predicted octanol–water partition coefficient (Wildman–Crippen LogP) is 2.91. The van der Waals surface area contributed by atoms with E-state index in [1.54, 1.807) is 4.68 Å². The van der Waals surface area contributed by atoms with Crippen LogP contribution in [0.2, 0.25) is 0 Å². The van der Waals surface area contributed by atoms with E-state index in [4.69, 9.17) is 0 Å². The number of hydrogen-bond acceptors (Lipinski definition) is 5. The zero-order valence-electron chi connectivity index (χ0n) is 14.1. The van der Waals surface area contributed by atoms with Gasteiger partial charge in [-0.05, 0) is 54.1 Å². The molecular formula is C19H22N6. The molecule has 2 heterocycles. The summed E-state index contributed by atoms with van der Waals surface area (Å²) in [7, 11) is 0. The number of hydrogen-bond donors (Lipinski definition) is 1. The third-order valence-corrected chi connectivity index (χ3v) is 4.69. The Morgan fingerprint density at radius 3 is 2.32 bits per heavy atom. The molecule has 0 aliphatic carbocycles. The quantitative estimate of drug-likeness (QED) is 0.751. The van der Waals surface area contributed by atoms with E-state index in [2.05, 4.69) is 56.1 Å². The molecule has 1 aliphatic heterocycles. The number of anilines is 1. The number of aromatic nitrogens is 4. The maximum absolute atomic E-state index is 4.16. The number of nitrogens with one attached hydrogen (secondary N) is 1. The fraction of sp³-hybridized carbons (Fsp3) is 0.316. The second-order valence-electron chi connectivity index (χ2n) is 6.30. The zero-order chi connectivity index (χ0) is 16.9. The first kappa shape index (κ1) is 15.8. The number of rotatable bonds is 6. The second kappa shape index (κ2) is 7.44. The smallest absolute Gasteiger partial charge is 0.247 e. The van der Waals surface area contributed by atoms with E-state index in [0.29, 0.717) is 12.0 Å². The van der Waals surface area contributed by atoms with Gasteiger partial charge >= 0.3 is 0 Å². The first-order valence-corrected chi connectivity index (χ1v) is 8.78. The van der Waals surface area contributed by atoms with Crippen LogP contribution in [0.1, 0.15) is 24.4 Å². The summed E-state index contributed by atoms with van der Waals surface area (Å²) in [6.07, 6.45) is 2.54. The largest absolute Gasteiger partial charge is 0.351 e. The molecule has 1 saturated heterocycles. The molecule has 6 nitrogen and oxygen atoms in total. The highest BCUT2D eigenvalue weighted by atomic mass is 15.6. The average molecular weight is 334 g/mol. The molecule has 1 aromatic heterocycles. The standard InChI is InChI=1S/C19H22N6/c1-3-9-16(10-4-1)18(24-13-7-8-14-24)15-20-19-21-22-23-25(19)17-11-5-2-6-12-17/h1-6,9-12,18H,7-8,13-15H2,(H,20,21,23)/t18-/m0/s1. The van der Waals surface area contributed by atoms with Gasteiger partial charge in [-0.15, -0.1) is 0 Å². The van der Waals surface area contributed by atoms with Crippen LogP contribution >= 0.6 is 0 Å². The molecule has 0 radical (unpaired) electrons. The van der Waals surface area contributed by atoms with Crippen LogP contribution in [0.3, 0.4) is 0 Å². The molecule has 2 aromatic carbocycles. The van der Waals surface area contributed by atoms with Crippen molar-refractivity contribution >= 4 is 5.95 Å². The Hall–Kier alpha value is -2.73. The van der Waals surface area contributed by atoms with Gasteiger partial charge in [0, 0.05) is 6.54 Å². The van der Waals surface area contributed by atoms with Gasteiger partial charge in [-0.3, -0.25) is 4.90 Å². The van der Waals surface area contributed by atoms with Crippen LogP contribution in [-0.4, -0.2) is 44.7 Å². The molecule has 25 heavy (non-hydrogen) atoms. The lowest BCUT2D eigenvalue weighted by Crippen LogP contribution is -2.31. The Morgan fingerprint density at radius 1 is 0.920 bits per heavy atom. The molecule has 1 atom stereocenters. The van der Waals surface area contributed by atoms with Crippen molar-refractivity contribution in [3.63, 3.8) is 0 Å². The highest BCUT2D eigenvalue weighted by Crippen LogP contribution is 2.25. The van der Waals surface area contributed by atoms with Gasteiger partial charge in [0.2, 0.25) is 5.95 Å². The van der Waals surface area contributed by atoms with Gasteiger partial charge in [-0.25, -0.2) is 0 Å². The van der Waals surface area contributed by atoms with Crippen molar-refractivity contribution in [1.82, 2.24) is 25.1 Å². The van der Waals surface area contributed by atoms with Gasteiger partial charge in [0.15, 0.2) is 0 Å². The fourth-order valence-corrected chi connectivity index (χ4v) is 3.41. The van der Waals surface area contributed by atoms with E-state index >= 15 is 0 Å². The van der Waals surface area contributed by atoms with E-state index in [0.717, 1.165) is 25.3 Å². The number of likely N-dealkylation sites (tertiary alicyclic amines) is 1. The summed E-state index contributed by atoms with van der Waals surface area (Å²) in [6, 6.07) is 20.9. The number of tetrazole rings is 1. The molecule has 4 rings (SSSR count). The van der Waals surface area contributed by atoms with Gasteiger partial charge in [0.25, 0.3) is 0 Å². The lowest BCUT2D eigenvalue weighted by Gasteiger charge is -2.28. The first-order valence-electron chi connectivity index (χ1n) is 8.78. The van der Waals surface area contributed by atoms with Crippen molar-refractivity contribution in [1.29, 1.82) is 0 Å². The molecule has 3 aromatic rings. The molecule has 0 saturated carbocycles. The summed E-state index contributed by atoms with van der Waals surface area (Å²) in [5.74, 6) is 0.673. The van der Waals surface area contributed by atoms with Gasteiger partial charge in [0.05, 0.1) is 11.7 Å². The molecule has 0 spiro atoms. The van der Waals surface area contributed by atoms with Crippen LogP contribution in [0.5, 0.6) is 0 Å². The summed E-state index contributed by atoms with van der Waals surface area (Å²) >= 11 is 0. The summed E-state index contributed by atoms with van der Waals surface area (Å²) in [5, 5.41) is 15.6. The molecule has 0 amide bonds. The van der Waals surface area contributed by atoms with Crippen molar-refractivity contribution in [2.45, 2.75) is 18.9 Å². The Balaban J connectivity index is 1.53. The average Bonchev–Trinajstić information content (AvgIpc) is 3.36. The van der Waals surface area contributed by atoms with Gasteiger partial charge in [0.1, 0.15) is 0 Å². The maximum Gasteiger partial charge on any atom is 0.247 e. The third-order valence-electron chi connectivity index (χ3n) is 4.69. The predicted molar refractivity (Wildman–Crippen MR) is 97.6 cm³/mol. The molecule has 1 fully saturated rings. The SMILES string of the molecule is c1ccc([C@H](CNc2nnnn2-c2ccccc2)N2CCCC2)cc1. The topological polar surface area (TPSA) is 58.9 Å². The molecule has 0 unspecified atom stereocenters. The van der Waals surface area contributed by atoms with Gasteiger partial charge in [-0.1, -0.05) is 53.6 Å². The van der Waals surface area contributed by atoms with Crippen LogP contribution in [-0.2, 0) is 0 Å². The van der Waals surface area contributed by atoms with Crippen LogP contribution in [0.25, 0.3) is 5.69 Å². The second-order valence-corrected chi connectivity index (χ2v) is 6.30. The van der Waals surface area contributed by atoms with Crippen molar-refractivity contribution in [3.05, 3.63) is 66.2 Å². The lowest BCUT2D eigenvalue weighted by atomic mass is 10.1. The third kappa shape index (κ3) is 3.53. The Bertz CT molecular complexity index is 780. The van der Waals surface area contributed by atoms with Crippen molar-refractivity contribution in [2.24, 2.45) is 0 Å². The van der Waals surface area contributed by atoms with Crippen LogP contribution < -0.4 is 5.32 Å². The van der Waals surface area contributed by atoms with E-state index in [9.17, 15) is 0 Å². The highest BCUT2D eigenvalue weighted by molar-refractivity contribution is 5.38. The van der Waals surface area contributed by atoms with Crippen LogP contribution in [0.4, 0.5) is 5.95 Å². The molecular weight excluding hydrogens is 312 g/mol. The van der Waals surface area contributed by atoms with Gasteiger partial charge in [-0.2, -0.15) is 4.68 Å². The lowest BCUT2D eigenvalue weighted by molar-refractivity contribution is 0.255. The Morgan fingerprint density at radius 2 is 1.60 bits per heavy atom. The van der Waals surface area contributed by atoms with E-state index in [-0.39, 0.29) is 0 Å². The summed E-state index contributed by atoms with van der Waals surface area (Å²) in [5.41, 5.74) is 2.28. The van der Waals surface area contributed by atoms with Crippen molar-refractivity contribution in [2.75, 3.05) is 25.0 Å². The van der Waals surface area contributed by atoms with E-state index < -0.39 is 0 Å². The minimum absolute atomic E-state index is 0.324. The maximum atomic E-state index is 4.16. The number of benzene rings is 2. The van der Waals surface area contributed by atoms with Crippen molar-refractivity contribution < 1.29 is 0 Å². The Labute approximate surface area is 147 Å². The zero-order valence-corrected chi connectivity index (χ0v) is 14.1. The highest BCUT2D eigenvalue weighted by Gasteiger charge is 2.23. The molecule has 128 valence electrons. The minimum Gasteiger partial charge on any atom is -0.351 e. The van der Waals surface area contributed by atoms with E-state index in [1.807, 2.05) is 30.3 Å². The summed E-state index contributed by atoms with van der Waals surface area (Å²) in [4.78, 5) is 2.54.